The van der Waals surface area contributed by atoms with Crippen molar-refractivity contribution in [1.29, 1.82) is 0 Å². The molecule has 0 bridgehead atoms. The lowest BCUT2D eigenvalue weighted by molar-refractivity contribution is 0.597. The fourth-order valence-corrected chi connectivity index (χ4v) is 2.90. The van der Waals surface area contributed by atoms with E-state index in [2.05, 4.69) is 5.32 Å². The maximum absolute atomic E-state index is 11.4. The van der Waals surface area contributed by atoms with Crippen LogP contribution in [-0.2, 0) is 10.0 Å². The Morgan fingerprint density at radius 2 is 1.94 bits per heavy atom. The van der Waals surface area contributed by atoms with Crippen LogP contribution in [0.5, 0.6) is 0 Å². The first-order valence-corrected chi connectivity index (χ1v) is 7.17. The summed E-state index contributed by atoms with van der Waals surface area (Å²) in [7, 11) is -3.70. The molecule has 1 aromatic carbocycles. The third-order valence-electron chi connectivity index (χ3n) is 3.10. The summed E-state index contributed by atoms with van der Waals surface area (Å²) in [6, 6.07) is 6.83. The van der Waals surface area contributed by atoms with Crippen LogP contribution in [0.4, 0.5) is 5.69 Å². The Labute approximate surface area is 101 Å². The summed E-state index contributed by atoms with van der Waals surface area (Å²) < 4.78 is 22.8. The minimum absolute atomic E-state index is 0.0727. The molecule has 2 unspecified atom stereocenters. The smallest absolute Gasteiger partial charge is 0.240 e. The molecule has 1 aliphatic rings. The second-order valence-corrected chi connectivity index (χ2v) is 5.92. The Morgan fingerprint density at radius 1 is 1.24 bits per heavy atom. The maximum Gasteiger partial charge on any atom is 0.240 e. The van der Waals surface area contributed by atoms with Gasteiger partial charge in [0.2, 0.25) is 10.0 Å². The van der Waals surface area contributed by atoms with E-state index in [1.54, 1.807) is 18.2 Å². The fraction of sp³-hybridized carbons (Fsp3) is 0.455. The van der Waals surface area contributed by atoms with Crippen molar-refractivity contribution >= 4 is 15.7 Å². The van der Waals surface area contributed by atoms with Gasteiger partial charge in [-0.2, -0.15) is 0 Å². The molecule has 17 heavy (non-hydrogen) atoms. The summed E-state index contributed by atoms with van der Waals surface area (Å²) in [6.45, 7) is 0. The number of para-hydroxylation sites is 1. The number of hydrogen-bond donors (Lipinski definition) is 3. The van der Waals surface area contributed by atoms with Gasteiger partial charge in [-0.25, -0.2) is 13.6 Å². The van der Waals surface area contributed by atoms with Crippen LogP contribution >= 0.6 is 0 Å². The number of benzene rings is 1. The van der Waals surface area contributed by atoms with Crippen molar-refractivity contribution in [2.45, 2.75) is 36.2 Å². The normalized spacial score (nSPS) is 24.8. The zero-order valence-electron chi connectivity index (χ0n) is 9.46. The number of sulfonamides is 1. The lowest BCUT2D eigenvalue weighted by Gasteiger charge is -2.20. The lowest BCUT2D eigenvalue weighted by atomic mass is 10.2. The molecule has 5 N–H and O–H groups in total. The van der Waals surface area contributed by atoms with Gasteiger partial charge in [0.1, 0.15) is 4.90 Å². The van der Waals surface area contributed by atoms with E-state index in [-0.39, 0.29) is 17.0 Å². The molecule has 0 radical (unpaired) electrons. The topological polar surface area (TPSA) is 98.2 Å². The highest BCUT2D eigenvalue weighted by Gasteiger charge is 2.25. The Bertz CT molecular complexity index is 501. The van der Waals surface area contributed by atoms with Gasteiger partial charge in [-0.1, -0.05) is 12.1 Å². The molecule has 2 atom stereocenters. The van der Waals surface area contributed by atoms with Crippen LogP contribution in [0.15, 0.2) is 29.2 Å². The number of anilines is 1. The molecule has 1 aliphatic carbocycles. The number of nitrogens with one attached hydrogen (secondary N) is 1. The molecular weight excluding hydrogens is 238 g/mol. The summed E-state index contributed by atoms with van der Waals surface area (Å²) in [5, 5.41) is 8.35. The summed E-state index contributed by atoms with van der Waals surface area (Å²) >= 11 is 0. The van der Waals surface area contributed by atoms with Gasteiger partial charge in [0, 0.05) is 12.1 Å². The van der Waals surface area contributed by atoms with Crippen molar-refractivity contribution in [3.8, 4) is 0 Å². The predicted octanol–water partition coefficient (Wildman–Crippen LogP) is 0.626. The second kappa shape index (κ2) is 4.64. The molecule has 0 saturated heterocycles. The van der Waals surface area contributed by atoms with E-state index in [0.717, 1.165) is 19.3 Å². The maximum atomic E-state index is 11.4. The fourth-order valence-electron chi connectivity index (χ4n) is 2.20. The van der Waals surface area contributed by atoms with Crippen molar-refractivity contribution in [3.63, 3.8) is 0 Å². The summed E-state index contributed by atoms with van der Waals surface area (Å²) in [4.78, 5) is 0.124. The van der Waals surface area contributed by atoms with Crippen molar-refractivity contribution in [2.75, 3.05) is 5.32 Å². The Hall–Kier alpha value is -1.11. The van der Waals surface area contributed by atoms with Crippen LogP contribution in [0.3, 0.4) is 0 Å². The van der Waals surface area contributed by atoms with Gasteiger partial charge in [0.15, 0.2) is 0 Å². The zero-order valence-corrected chi connectivity index (χ0v) is 10.3. The van der Waals surface area contributed by atoms with Gasteiger partial charge < -0.3 is 11.1 Å². The average molecular weight is 255 g/mol. The molecule has 1 fully saturated rings. The molecule has 94 valence electrons. The van der Waals surface area contributed by atoms with Gasteiger partial charge in [-0.05, 0) is 31.4 Å². The molecule has 2 rings (SSSR count). The lowest BCUT2D eigenvalue weighted by Crippen LogP contribution is -2.35. The summed E-state index contributed by atoms with van der Waals surface area (Å²) in [6.07, 6.45) is 2.99. The molecular formula is C11H17N3O2S. The molecule has 0 spiro atoms. The van der Waals surface area contributed by atoms with E-state index in [0.29, 0.717) is 5.69 Å². The van der Waals surface area contributed by atoms with E-state index in [1.165, 1.54) is 6.07 Å². The van der Waals surface area contributed by atoms with Crippen molar-refractivity contribution in [3.05, 3.63) is 24.3 Å². The monoisotopic (exact) mass is 255 g/mol. The number of hydrogen-bond acceptors (Lipinski definition) is 4. The highest BCUT2D eigenvalue weighted by molar-refractivity contribution is 7.89. The van der Waals surface area contributed by atoms with Gasteiger partial charge in [-0.3, -0.25) is 0 Å². The van der Waals surface area contributed by atoms with Crippen LogP contribution in [0.2, 0.25) is 0 Å². The Morgan fingerprint density at radius 3 is 2.53 bits per heavy atom. The van der Waals surface area contributed by atoms with E-state index >= 15 is 0 Å². The van der Waals surface area contributed by atoms with Crippen LogP contribution in [-0.4, -0.2) is 20.5 Å². The van der Waals surface area contributed by atoms with Gasteiger partial charge in [0.05, 0.1) is 5.69 Å². The van der Waals surface area contributed by atoms with E-state index in [1.807, 2.05) is 0 Å². The van der Waals surface area contributed by atoms with E-state index in [9.17, 15) is 8.42 Å². The molecule has 0 heterocycles. The Kier molecular flexibility index (Phi) is 3.37. The molecule has 0 amide bonds. The zero-order chi connectivity index (χ0) is 12.5. The quantitative estimate of drug-likeness (QED) is 0.737. The molecule has 1 saturated carbocycles. The minimum Gasteiger partial charge on any atom is -0.380 e. The number of rotatable bonds is 3. The van der Waals surface area contributed by atoms with E-state index in [4.69, 9.17) is 10.9 Å². The first-order chi connectivity index (χ1) is 7.98. The van der Waals surface area contributed by atoms with Crippen molar-refractivity contribution in [1.82, 2.24) is 0 Å². The number of nitrogens with two attached hydrogens (primary N) is 2. The highest BCUT2D eigenvalue weighted by atomic mass is 32.2. The third kappa shape index (κ3) is 2.77. The van der Waals surface area contributed by atoms with Crippen LogP contribution in [0.1, 0.15) is 19.3 Å². The van der Waals surface area contributed by atoms with Gasteiger partial charge in [0.25, 0.3) is 0 Å². The first-order valence-electron chi connectivity index (χ1n) is 5.62. The van der Waals surface area contributed by atoms with E-state index < -0.39 is 10.0 Å². The standard InChI is InChI=1S/C11H17N3O2S/c12-8-4-3-6-9(8)14-10-5-1-2-7-11(10)17(13,15)16/h1-2,5,7-9,14H,3-4,6,12H2,(H2,13,15,16). The molecule has 5 nitrogen and oxygen atoms in total. The van der Waals surface area contributed by atoms with Crippen molar-refractivity contribution < 1.29 is 8.42 Å². The van der Waals surface area contributed by atoms with Gasteiger partial charge >= 0.3 is 0 Å². The molecule has 6 heteroatoms. The second-order valence-electron chi connectivity index (χ2n) is 4.39. The first kappa shape index (κ1) is 12.3. The summed E-state index contributed by atoms with van der Waals surface area (Å²) in [5.74, 6) is 0. The number of primary sulfonamides is 1. The highest BCUT2D eigenvalue weighted by Crippen LogP contribution is 2.25. The molecule has 0 aromatic heterocycles. The minimum atomic E-state index is -3.70. The third-order valence-corrected chi connectivity index (χ3v) is 4.07. The van der Waals surface area contributed by atoms with Crippen LogP contribution in [0, 0.1) is 0 Å². The SMILES string of the molecule is NC1CCCC1Nc1ccccc1S(N)(=O)=O. The summed E-state index contributed by atoms with van der Waals surface area (Å²) in [5.41, 5.74) is 6.48. The predicted molar refractivity (Wildman–Crippen MR) is 67.1 cm³/mol. The molecule has 1 aromatic rings. The van der Waals surface area contributed by atoms with Gasteiger partial charge in [-0.15, -0.1) is 0 Å². The van der Waals surface area contributed by atoms with Crippen LogP contribution in [0.25, 0.3) is 0 Å². The van der Waals surface area contributed by atoms with Crippen LogP contribution < -0.4 is 16.2 Å². The molecule has 0 aliphatic heterocycles. The average Bonchev–Trinajstić information content (AvgIpc) is 2.64. The van der Waals surface area contributed by atoms with Crippen molar-refractivity contribution in [2.24, 2.45) is 10.9 Å². The largest absolute Gasteiger partial charge is 0.380 e. The Balaban J connectivity index is 2.27.